The first-order valence-electron chi connectivity index (χ1n) is 6.64. The summed E-state index contributed by atoms with van der Waals surface area (Å²) in [6.07, 6.45) is 0. The fraction of sp³-hybridized carbons (Fsp3) is 0.0667. The van der Waals surface area contributed by atoms with E-state index in [0.717, 1.165) is 6.07 Å². The summed E-state index contributed by atoms with van der Waals surface area (Å²) in [4.78, 5) is 34.0. The minimum atomic E-state index is -0.797. The van der Waals surface area contributed by atoms with Gasteiger partial charge in [-0.05, 0) is 30.3 Å². The maximum Gasteiger partial charge on any atom is 0.338 e. The number of hydrogen-bond acceptors (Lipinski definition) is 5. The van der Waals surface area contributed by atoms with Gasteiger partial charge in [0.2, 0.25) is 0 Å². The molecule has 25 heavy (non-hydrogen) atoms. The lowest BCUT2D eigenvalue weighted by Crippen LogP contribution is -2.21. The predicted octanol–water partition coefficient (Wildman–Crippen LogP) is 4.35. The lowest BCUT2D eigenvalue weighted by atomic mass is 10.2. The van der Waals surface area contributed by atoms with Crippen molar-refractivity contribution in [2.24, 2.45) is 0 Å². The SMILES string of the molecule is O=C(COC(=O)c1ccc(Cl)c(Cl)c1)Nc1cc(Cl)ccc1[N+](=O)[O-]. The number of benzene rings is 2. The molecule has 7 nitrogen and oxygen atoms in total. The van der Waals surface area contributed by atoms with Crippen LogP contribution in [0.4, 0.5) is 11.4 Å². The second-order valence-electron chi connectivity index (χ2n) is 4.67. The van der Waals surface area contributed by atoms with Gasteiger partial charge in [0.25, 0.3) is 11.6 Å². The van der Waals surface area contributed by atoms with Crippen molar-refractivity contribution in [3.05, 3.63) is 67.1 Å². The number of ether oxygens (including phenoxy) is 1. The highest BCUT2D eigenvalue weighted by atomic mass is 35.5. The third-order valence-corrected chi connectivity index (χ3v) is 3.89. The zero-order valence-corrected chi connectivity index (χ0v) is 14.6. The van der Waals surface area contributed by atoms with E-state index in [2.05, 4.69) is 5.32 Å². The average molecular weight is 404 g/mol. The Morgan fingerprint density at radius 3 is 2.44 bits per heavy atom. The molecule has 0 bridgehead atoms. The summed E-state index contributed by atoms with van der Waals surface area (Å²) in [6, 6.07) is 7.79. The van der Waals surface area contributed by atoms with Gasteiger partial charge in [0, 0.05) is 11.1 Å². The molecule has 0 radical (unpaired) electrons. The Kier molecular flexibility index (Phi) is 6.19. The quantitative estimate of drug-likeness (QED) is 0.454. The first-order chi connectivity index (χ1) is 11.8. The number of esters is 1. The number of nitrogens with zero attached hydrogens (tertiary/aromatic N) is 1. The molecule has 0 atom stereocenters. The number of amides is 1. The van der Waals surface area contributed by atoms with E-state index in [9.17, 15) is 19.7 Å². The molecule has 0 aliphatic rings. The first-order valence-corrected chi connectivity index (χ1v) is 7.77. The van der Waals surface area contributed by atoms with Crippen LogP contribution >= 0.6 is 34.8 Å². The minimum Gasteiger partial charge on any atom is -0.452 e. The molecule has 0 spiro atoms. The van der Waals surface area contributed by atoms with Gasteiger partial charge in [0.05, 0.1) is 20.5 Å². The molecule has 2 aromatic rings. The normalized spacial score (nSPS) is 10.2. The number of carbonyl (C=O) groups excluding carboxylic acids is 2. The van der Waals surface area contributed by atoms with Crippen LogP contribution in [0.3, 0.4) is 0 Å². The zero-order chi connectivity index (χ0) is 18.6. The fourth-order valence-electron chi connectivity index (χ4n) is 1.79. The smallest absolute Gasteiger partial charge is 0.338 e. The zero-order valence-electron chi connectivity index (χ0n) is 12.3. The number of halogens is 3. The van der Waals surface area contributed by atoms with Gasteiger partial charge in [-0.3, -0.25) is 14.9 Å². The van der Waals surface area contributed by atoms with Crippen LogP contribution in [0.25, 0.3) is 0 Å². The van der Waals surface area contributed by atoms with Gasteiger partial charge in [-0.2, -0.15) is 0 Å². The molecule has 1 amide bonds. The molecule has 0 aromatic heterocycles. The summed E-state index contributed by atoms with van der Waals surface area (Å²) < 4.78 is 4.83. The van der Waals surface area contributed by atoms with Gasteiger partial charge in [0.15, 0.2) is 6.61 Å². The van der Waals surface area contributed by atoms with Crippen LogP contribution in [-0.2, 0) is 9.53 Å². The highest BCUT2D eigenvalue weighted by molar-refractivity contribution is 6.42. The molecular weight excluding hydrogens is 395 g/mol. The fourth-order valence-corrected chi connectivity index (χ4v) is 2.26. The Morgan fingerprint density at radius 1 is 1.08 bits per heavy atom. The predicted molar refractivity (Wildman–Crippen MR) is 93.5 cm³/mol. The molecule has 130 valence electrons. The van der Waals surface area contributed by atoms with E-state index >= 15 is 0 Å². The molecule has 10 heteroatoms. The van der Waals surface area contributed by atoms with Crippen LogP contribution in [-0.4, -0.2) is 23.4 Å². The lowest BCUT2D eigenvalue weighted by molar-refractivity contribution is -0.383. The van der Waals surface area contributed by atoms with Gasteiger partial charge in [-0.15, -0.1) is 0 Å². The van der Waals surface area contributed by atoms with Gasteiger partial charge >= 0.3 is 5.97 Å². The van der Waals surface area contributed by atoms with E-state index in [1.807, 2.05) is 0 Å². The number of nitro groups is 1. The van der Waals surface area contributed by atoms with E-state index in [1.165, 1.54) is 30.3 Å². The number of carbonyl (C=O) groups is 2. The molecule has 0 heterocycles. The summed E-state index contributed by atoms with van der Waals surface area (Å²) in [5.74, 6) is -1.56. The van der Waals surface area contributed by atoms with Crippen molar-refractivity contribution in [2.75, 3.05) is 11.9 Å². The summed E-state index contributed by atoms with van der Waals surface area (Å²) in [6.45, 7) is -0.650. The molecular formula is C15H9Cl3N2O5. The molecule has 1 N–H and O–H groups in total. The van der Waals surface area contributed by atoms with Gasteiger partial charge < -0.3 is 10.1 Å². The van der Waals surface area contributed by atoms with Crippen molar-refractivity contribution in [1.82, 2.24) is 0 Å². The summed E-state index contributed by atoms with van der Waals surface area (Å²) in [5, 5.41) is 13.8. The maximum atomic E-state index is 11.9. The van der Waals surface area contributed by atoms with Crippen molar-refractivity contribution in [1.29, 1.82) is 0 Å². The highest BCUT2D eigenvalue weighted by Crippen LogP contribution is 2.27. The van der Waals surface area contributed by atoms with E-state index in [-0.39, 0.29) is 32.0 Å². The summed E-state index contributed by atoms with van der Waals surface area (Å²) in [5.41, 5.74) is -0.336. The maximum absolute atomic E-state index is 11.9. The lowest BCUT2D eigenvalue weighted by Gasteiger charge is -2.08. The summed E-state index contributed by atoms with van der Waals surface area (Å²) in [7, 11) is 0. The number of rotatable bonds is 5. The Labute approximate surface area is 156 Å². The van der Waals surface area contributed by atoms with Crippen LogP contribution in [0.15, 0.2) is 36.4 Å². The number of nitro benzene ring substituents is 1. The van der Waals surface area contributed by atoms with Crippen molar-refractivity contribution in [3.63, 3.8) is 0 Å². The summed E-state index contributed by atoms with van der Waals surface area (Å²) >= 11 is 17.3. The van der Waals surface area contributed by atoms with E-state index in [4.69, 9.17) is 39.5 Å². The van der Waals surface area contributed by atoms with Crippen LogP contribution < -0.4 is 5.32 Å². The van der Waals surface area contributed by atoms with Crippen molar-refractivity contribution in [3.8, 4) is 0 Å². The molecule has 0 fully saturated rings. The van der Waals surface area contributed by atoms with E-state index < -0.39 is 23.4 Å². The third kappa shape index (κ3) is 5.06. The Balaban J connectivity index is 2.01. The van der Waals surface area contributed by atoms with Crippen molar-refractivity contribution < 1.29 is 19.2 Å². The second kappa shape index (κ2) is 8.15. The number of hydrogen-bond donors (Lipinski definition) is 1. The van der Waals surface area contributed by atoms with E-state index in [0.29, 0.717) is 0 Å². The van der Waals surface area contributed by atoms with Crippen LogP contribution in [0.2, 0.25) is 15.1 Å². The molecule has 0 aliphatic heterocycles. The Bertz CT molecular complexity index is 857. The molecule has 2 rings (SSSR count). The Morgan fingerprint density at radius 2 is 1.80 bits per heavy atom. The second-order valence-corrected chi connectivity index (χ2v) is 5.92. The van der Waals surface area contributed by atoms with Gasteiger partial charge in [-0.25, -0.2) is 4.79 Å². The van der Waals surface area contributed by atoms with Gasteiger partial charge in [0.1, 0.15) is 5.69 Å². The molecule has 0 saturated heterocycles. The highest BCUT2D eigenvalue weighted by Gasteiger charge is 2.17. The van der Waals surface area contributed by atoms with Crippen LogP contribution in [0, 0.1) is 10.1 Å². The van der Waals surface area contributed by atoms with Gasteiger partial charge in [-0.1, -0.05) is 34.8 Å². The van der Waals surface area contributed by atoms with Crippen molar-refractivity contribution >= 4 is 58.1 Å². The Hall–Kier alpha value is -2.35. The third-order valence-electron chi connectivity index (χ3n) is 2.92. The monoisotopic (exact) mass is 402 g/mol. The molecule has 0 unspecified atom stereocenters. The molecule has 2 aromatic carbocycles. The van der Waals surface area contributed by atoms with Crippen molar-refractivity contribution in [2.45, 2.75) is 0 Å². The number of anilines is 1. The number of nitrogens with one attached hydrogen (secondary N) is 1. The topological polar surface area (TPSA) is 98.5 Å². The largest absolute Gasteiger partial charge is 0.452 e. The molecule has 0 aliphatic carbocycles. The minimum absolute atomic E-state index is 0.104. The first kappa shape index (κ1) is 19.0. The standard InChI is InChI=1S/C15H9Cl3N2O5/c16-9-2-4-13(20(23)24)12(6-9)19-14(21)7-25-15(22)8-1-3-10(17)11(18)5-8/h1-6H,7H2,(H,19,21). The molecule has 0 saturated carbocycles. The van der Waals surface area contributed by atoms with E-state index in [1.54, 1.807) is 0 Å². The van der Waals surface area contributed by atoms with Crippen LogP contribution in [0.5, 0.6) is 0 Å². The van der Waals surface area contributed by atoms with Crippen LogP contribution in [0.1, 0.15) is 10.4 Å². The average Bonchev–Trinajstić information content (AvgIpc) is 2.55.